The highest BCUT2D eigenvalue weighted by atomic mass is 16.8. The number of ether oxygens (including phenoxy) is 3. The van der Waals surface area contributed by atoms with Crippen molar-refractivity contribution < 1.29 is 23.7 Å². The summed E-state index contributed by atoms with van der Waals surface area (Å²) < 4.78 is 24.2. The summed E-state index contributed by atoms with van der Waals surface area (Å²) in [5.41, 5.74) is -0.0236. The van der Waals surface area contributed by atoms with E-state index in [1.165, 1.54) is 10.9 Å². The molecule has 0 bridgehead atoms. The molecule has 2 aliphatic heterocycles. The highest BCUT2D eigenvalue weighted by Crippen LogP contribution is 2.42. The zero-order chi connectivity index (χ0) is 17.1. The molecule has 24 heavy (non-hydrogen) atoms. The first-order valence-corrected chi connectivity index (χ1v) is 7.92. The first kappa shape index (κ1) is 15.7. The van der Waals surface area contributed by atoms with Crippen molar-refractivity contribution in [2.75, 3.05) is 6.61 Å². The Morgan fingerprint density at radius 2 is 2.08 bits per heavy atom. The van der Waals surface area contributed by atoms with Gasteiger partial charge in [0.25, 0.3) is 11.3 Å². The lowest BCUT2D eigenvalue weighted by molar-refractivity contribution is -0.200. The second-order valence-corrected chi connectivity index (χ2v) is 6.38. The second-order valence-electron chi connectivity index (χ2n) is 6.38. The Labute approximate surface area is 137 Å². The molecule has 0 unspecified atom stereocenters. The van der Waals surface area contributed by atoms with E-state index >= 15 is 0 Å². The van der Waals surface area contributed by atoms with Gasteiger partial charge in [-0.3, -0.25) is 9.36 Å². The van der Waals surface area contributed by atoms with Crippen molar-refractivity contribution in [3.63, 3.8) is 0 Å². The quantitative estimate of drug-likeness (QED) is 0.855. The van der Waals surface area contributed by atoms with E-state index in [0.717, 1.165) is 0 Å². The van der Waals surface area contributed by atoms with Crippen LogP contribution in [0, 0.1) is 0 Å². The molecular formula is C15H19N3O6. The Hall–Kier alpha value is -1.81. The van der Waals surface area contributed by atoms with Crippen molar-refractivity contribution in [1.29, 1.82) is 0 Å². The molecule has 0 saturated carbocycles. The van der Waals surface area contributed by atoms with Crippen LogP contribution in [0.4, 0.5) is 0 Å². The SMILES string of the molecule is CCc1nc2c(=O)n([C@@H]3O[C@H](CO)[C@H]4OC(C)(C)O[C@H]43)cnc2o1. The third-order valence-corrected chi connectivity index (χ3v) is 4.27. The molecule has 130 valence electrons. The zero-order valence-corrected chi connectivity index (χ0v) is 13.6. The summed E-state index contributed by atoms with van der Waals surface area (Å²) in [4.78, 5) is 21.1. The van der Waals surface area contributed by atoms with Crippen molar-refractivity contribution in [3.8, 4) is 0 Å². The minimum Gasteiger partial charge on any atom is -0.422 e. The van der Waals surface area contributed by atoms with E-state index in [-0.39, 0.29) is 23.4 Å². The molecule has 0 amide bonds. The van der Waals surface area contributed by atoms with Gasteiger partial charge in [-0.1, -0.05) is 6.92 Å². The van der Waals surface area contributed by atoms with Gasteiger partial charge in [0.15, 0.2) is 23.4 Å². The molecule has 2 aliphatic rings. The van der Waals surface area contributed by atoms with E-state index in [1.807, 2.05) is 6.92 Å². The number of rotatable bonds is 3. The lowest BCUT2D eigenvalue weighted by atomic mass is 10.1. The van der Waals surface area contributed by atoms with Crippen LogP contribution in [0.5, 0.6) is 0 Å². The number of hydrogen-bond acceptors (Lipinski definition) is 8. The normalized spacial score (nSPS) is 31.7. The number of oxazole rings is 1. The third-order valence-electron chi connectivity index (χ3n) is 4.27. The number of aliphatic hydroxyl groups excluding tert-OH is 1. The molecule has 2 fully saturated rings. The molecule has 0 aromatic carbocycles. The van der Waals surface area contributed by atoms with Gasteiger partial charge in [-0.25, -0.2) is 9.97 Å². The van der Waals surface area contributed by atoms with Crippen LogP contribution in [0.25, 0.3) is 11.2 Å². The fourth-order valence-electron chi connectivity index (χ4n) is 3.23. The minimum absolute atomic E-state index is 0.153. The summed E-state index contributed by atoms with van der Waals surface area (Å²) in [6.45, 7) is 5.22. The molecule has 4 heterocycles. The lowest BCUT2D eigenvalue weighted by Gasteiger charge is -2.24. The van der Waals surface area contributed by atoms with Gasteiger partial charge in [0.1, 0.15) is 24.6 Å². The summed E-state index contributed by atoms with van der Waals surface area (Å²) >= 11 is 0. The van der Waals surface area contributed by atoms with Crippen LogP contribution in [-0.4, -0.2) is 50.3 Å². The maximum atomic E-state index is 12.8. The molecular weight excluding hydrogens is 318 g/mol. The number of aliphatic hydroxyl groups is 1. The Kier molecular flexibility index (Phi) is 3.50. The van der Waals surface area contributed by atoms with Crippen molar-refractivity contribution in [2.45, 2.75) is 57.5 Å². The lowest BCUT2D eigenvalue weighted by Crippen LogP contribution is -2.34. The summed E-state index contributed by atoms with van der Waals surface area (Å²) in [6, 6.07) is 0. The highest BCUT2D eigenvalue weighted by Gasteiger charge is 2.56. The molecule has 0 radical (unpaired) electrons. The molecule has 4 atom stereocenters. The van der Waals surface area contributed by atoms with E-state index in [2.05, 4.69) is 9.97 Å². The third kappa shape index (κ3) is 2.27. The number of hydrogen-bond donors (Lipinski definition) is 1. The van der Waals surface area contributed by atoms with E-state index in [9.17, 15) is 9.90 Å². The first-order valence-electron chi connectivity index (χ1n) is 7.92. The fourth-order valence-corrected chi connectivity index (χ4v) is 3.23. The Morgan fingerprint density at radius 3 is 2.79 bits per heavy atom. The molecule has 2 aromatic heterocycles. The smallest absolute Gasteiger partial charge is 0.285 e. The molecule has 9 heteroatoms. The Bertz CT molecular complexity index is 828. The molecule has 0 aliphatic carbocycles. The first-order chi connectivity index (χ1) is 11.4. The average Bonchev–Trinajstić information content (AvgIpc) is 3.18. The topological polar surface area (TPSA) is 109 Å². The van der Waals surface area contributed by atoms with Crippen LogP contribution in [0.15, 0.2) is 15.5 Å². The largest absolute Gasteiger partial charge is 0.422 e. The summed E-state index contributed by atoms with van der Waals surface area (Å²) in [5, 5.41) is 9.53. The Morgan fingerprint density at radius 1 is 1.33 bits per heavy atom. The van der Waals surface area contributed by atoms with Gasteiger partial charge in [0, 0.05) is 6.42 Å². The molecule has 9 nitrogen and oxygen atoms in total. The number of nitrogens with zero attached hydrogens (tertiary/aromatic N) is 3. The molecule has 0 spiro atoms. The van der Waals surface area contributed by atoms with Gasteiger partial charge >= 0.3 is 0 Å². The van der Waals surface area contributed by atoms with Crippen LogP contribution in [0.3, 0.4) is 0 Å². The van der Waals surface area contributed by atoms with Crippen molar-refractivity contribution >= 4 is 11.2 Å². The van der Waals surface area contributed by atoms with Gasteiger partial charge in [0.05, 0.1) is 6.61 Å². The van der Waals surface area contributed by atoms with Gasteiger partial charge in [-0.05, 0) is 13.8 Å². The minimum atomic E-state index is -0.810. The predicted octanol–water partition coefficient (Wildman–Crippen LogP) is 0.357. The monoisotopic (exact) mass is 337 g/mol. The van der Waals surface area contributed by atoms with Gasteiger partial charge in [-0.2, -0.15) is 0 Å². The van der Waals surface area contributed by atoms with Crippen molar-refractivity contribution in [3.05, 3.63) is 22.6 Å². The van der Waals surface area contributed by atoms with E-state index in [1.54, 1.807) is 13.8 Å². The van der Waals surface area contributed by atoms with Crippen LogP contribution < -0.4 is 5.56 Å². The Balaban J connectivity index is 1.77. The highest BCUT2D eigenvalue weighted by molar-refractivity contribution is 5.66. The molecule has 2 saturated heterocycles. The zero-order valence-electron chi connectivity index (χ0n) is 13.6. The number of aryl methyl sites for hydroxylation is 1. The number of fused-ring (bicyclic) bond motifs is 2. The standard InChI is InChI=1S/C15H19N3O6/c1-4-8-17-9-12(22-8)16-6-18(13(9)20)14-11-10(7(5-19)21-14)23-15(2,3)24-11/h6-7,10-11,14,19H,4-5H2,1-3H3/t7-,10-,11-,14-/m1/s1. The number of aromatic nitrogens is 3. The van der Waals surface area contributed by atoms with Gasteiger partial charge < -0.3 is 23.7 Å². The second kappa shape index (κ2) is 5.35. The molecule has 4 rings (SSSR count). The van der Waals surface area contributed by atoms with Crippen molar-refractivity contribution in [2.24, 2.45) is 0 Å². The van der Waals surface area contributed by atoms with Crippen LogP contribution in [-0.2, 0) is 20.6 Å². The van der Waals surface area contributed by atoms with E-state index in [0.29, 0.717) is 12.3 Å². The van der Waals surface area contributed by atoms with Crippen LogP contribution in [0.1, 0.15) is 32.9 Å². The summed E-state index contributed by atoms with van der Waals surface area (Å²) in [7, 11) is 0. The molecule has 1 N–H and O–H groups in total. The van der Waals surface area contributed by atoms with E-state index in [4.69, 9.17) is 18.6 Å². The van der Waals surface area contributed by atoms with Crippen LogP contribution >= 0.6 is 0 Å². The molecule has 2 aromatic rings. The van der Waals surface area contributed by atoms with Gasteiger partial charge in [0.2, 0.25) is 0 Å². The maximum Gasteiger partial charge on any atom is 0.285 e. The summed E-state index contributed by atoms with van der Waals surface area (Å²) in [6.07, 6.45) is -0.385. The predicted molar refractivity (Wildman–Crippen MR) is 80.3 cm³/mol. The average molecular weight is 337 g/mol. The van der Waals surface area contributed by atoms with Crippen molar-refractivity contribution in [1.82, 2.24) is 14.5 Å². The maximum absolute atomic E-state index is 12.8. The summed E-state index contributed by atoms with van der Waals surface area (Å²) in [5.74, 6) is -0.359. The fraction of sp³-hybridized carbons (Fsp3) is 0.667. The van der Waals surface area contributed by atoms with E-state index < -0.39 is 30.3 Å². The van der Waals surface area contributed by atoms with Gasteiger partial charge in [-0.15, -0.1) is 0 Å². The van der Waals surface area contributed by atoms with Crippen LogP contribution in [0.2, 0.25) is 0 Å².